The van der Waals surface area contributed by atoms with Crippen LogP contribution in [-0.4, -0.2) is 0 Å². The Bertz CT molecular complexity index is 432. The molecule has 0 heterocycles. The standard InChI is InChI=1S/C13H11Br/c1-10-7-8-13(14)12(9-10)11-5-3-2-4-6-11/h2-9H,1H3. The van der Waals surface area contributed by atoms with Gasteiger partial charge in [-0.15, -0.1) is 0 Å². The maximum atomic E-state index is 3.57. The van der Waals surface area contributed by atoms with E-state index in [0.29, 0.717) is 0 Å². The van der Waals surface area contributed by atoms with E-state index in [2.05, 4.69) is 65.3 Å². The third-order valence-electron chi connectivity index (χ3n) is 2.21. The SMILES string of the molecule is Cc1ccc(Br)c(-c2ccccc2)c1. The molecule has 0 nitrogen and oxygen atoms in total. The molecule has 0 aliphatic carbocycles. The lowest BCUT2D eigenvalue weighted by atomic mass is 10.0. The van der Waals surface area contributed by atoms with Gasteiger partial charge in [-0.25, -0.2) is 0 Å². The van der Waals surface area contributed by atoms with E-state index in [1.165, 1.54) is 16.7 Å². The molecule has 0 aromatic heterocycles. The molecule has 0 spiro atoms. The van der Waals surface area contributed by atoms with E-state index in [4.69, 9.17) is 0 Å². The highest BCUT2D eigenvalue weighted by Gasteiger charge is 2.01. The smallest absolute Gasteiger partial charge is 0.0253 e. The zero-order valence-electron chi connectivity index (χ0n) is 8.00. The first-order valence-corrected chi connectivity index (χ1v) is 5.38. The summed E-state index contributed by atoms with van der Waals surface area (Å²) in [6.07, 6.45) is 0. The summed E-state index contributed by atoms with van der Waals surface area (Å²) in [5.41, 5.74) is 3.79. The molecular weight excluding hydrogens is 236 g/mol. The van der Waals surface area contributed by atoms with Crippen LogP contribution in [0.3, 0.4) is 0 Å². The second kappa shape index (κ2) is 3.97. The molecule has 0 unspecified atom stereocenters. The van der Waals surface area contributed by atoms with Crippen LogP contribution in [0.15, 0.2) is 53.0 Å². The number of rotatable bonds is 1. The van der Waals surface area contributed by atoms with Crippen LogP contribution in [0.1, 0.15) is 5.56 Å². The van der Waals surface area contributed by atoms with E-state index in [-0.39, 0.29) is 0 Å². The van der Waals surface area contributed by atoms with Gasteiger partial charge in [0.1, 0.15) is 0 Å². The van der Waals surface area contributed by atoms with Crippen LogP contribution < -0.4 is 0 Å². The zero-order valence-corrected chi connectivity index (χ0v) is 9.58. The molecule has 0 aliphatic heterocycles. The minimum Gasteiger partial charge on any atom is -0.0622 e. The molecule has 0 atom stereocenters. The Balaban J connectivity index is 2.57. The molecule has 0 fully saturated rings. The van der Waals surface area contributed by atoms with Crippen LogP contribution in [0.4, 0.5) is 0 Å². The van der Waals surface area contributed by atoms with Gasteiger partial charge in [0.05, 0.1) is 0 Å². The first kappa shape index (κ1) is 9.47. The molecule has 0 radical (unpaired) electrons. The maximum Gasteiger partial charge on any atom is 0.0253 e. The Morgan fingerprint density at radius 3 is 2.36 bits per heavy atom. The largest absolute Gasteiger partial charge is 0.0622 e. The van der Waals surface area contributed by atoms with Crippen molar-refractivity contribution in [2.24, 2.45) is 0 Å². The molecule has 2 aromatic carbocycles. The third kappa shape index (κ3) is 1.88. The summed E-state index contributed by atoms with van der Waals surface area (Å²) in [6, 6.07) is 16.8. The van der Waals surface area contributed by atoms with Gasteiger partial charge in [-0.3, -0.25) is 0 Å². The monoisotopic (exact) mass is 246 g/mol. The highest BCUT2D eigenvalue weighted by atomic mass is 79.9. The number of hydrogen-bond donors (Lipinski definition) is 0. The van der Waals surface area contributed by atoms with Crippen molar-refractivity contribution in [2.75, 3.05) is 0 Å². The molecule has 0 aliphatic rings. The summed E-state index contributed by atoms with van der Waals surface area (Å²) < 4.78 is 1.15. The average molecular weight is 247 g/mol. The van der Waals surface area contributed by atoms with E-state index in [1.54, 1.807) is 0 Å². The molecule has 0 saturated heterocycles. The van der Waals surface area contributed by atoms with Crippen LogP contribution in [0.2, 0.25) is 0 Å². The van der Waals surface area contributed by atoms with E-state index >= 15 is 0 Å². The zero-order chi connectivity index (χ0) is 9.97. The van der Waals surface area contributed by atoms with Gasteiger partial charge in [-0.05, 0) is 24.1 Å². The Kier molecular flexibility index (Phi) is 2.69. The van der Waals surface area contributed by atoms with Crippen molar-refractivity contribution in [1.82, 2.24) is 0 Å². The lowest BCUT2D eigenvalue weighted by molar-refractivity contribution is 1.45. The first-order chi connectivity index (χ1) is 6.77. The topological polar surface area (TPSA) is 0 Å². The second-order valence-corrected chi connectivity index (χ2v) is 4.20. The fourth-order valence-corrected chi connectivity index (χ4v) is 1.95. The fourth-order valence-electron chi connectivity index (χ4n) is 1.48. The number of hydrogen-bond acceptors (Lipinski definition) is 0. The van der Waals surface area contributed by atoms with Gasteiger partial charge in [0.2, 0.25) is 0 Å². The van der Waals surface area contributed by atoms with E-state index in [9.17, 15) is 0 Å². The summed E-state index contributed by atoms with van der Waals surface area (Å²) in [6.45, 7) is 2.11. The van der Waals surface area contributed by atoms with Crippen molar-refractivity contribution in [3.05, 3.63) is 58.6 Å². The normalized spacial score (nSPS) is 10.1. The highest BCUT2D eigenvalue weighted by molar-refractivity contribution is 9.10. The maximum absolute atomic E-state index is 3.57. The molecule has 2 aromatic rings. The van der Waals surface area contributed by atoms with Crippen LogP contribution in [0.25, 0.3) is 11.1 Å². The quantitative estimate of drug-likeness (QED) is 0.699. The number of aryl methyl sites for hydroxylation is 1. The minimum absolute atomic E-state index is 1.15. The Labute approximate surface area is 92.7 Å². The van der Waals surface area contributed by atoms with Gasteiger partial charge in [0.15, 0.2) is 0 Å². The van der Waals surface area contributed by atoms with Gasteiger partial charge < -0.3 is 0 Å². The van der Waals surface area contributed by atoms with Crippen molar-refractivity contribution in [1.29, 1.82) is 0 Å². The molecule has 0 amide bonds. The lowest BCUT2D eigenvalue weighted by Crippen LogP contribution is -1.80. The van der Waals surface area contributed by atoms with Crippen LogP contribution in [0.5, 0.6) is 0 Å². The fraction of sp³-hybridized carbons (Fsp3) is 0.0769. The average Bonchev–Trinajstić information content (AvgIpc) is 2.23. The van der Waals surface area contributed by atoms with Crippen LogP contribution in [0, 0.1) is 6.92 Å². The van der Waals surface area contributed by atoms with Gasteiger partial charge in [-0.1, -0.05) is 64.0 Å². The molecule has 70 valence electrons. The molecule has 0 N–H and O–H groups in total. The molecule has 0 bridgehead atoms. The number of halogens is 1. The molecule has 2 rings (SSSR count). The second-order valence-electron chi connectivity index (χ2n) is 3.35. The summed E-state index contributed by atoms with van der Waals surface area (Å²) in [7, 11) is 0. The van der Waals surface area contributed by atoms with Crippen molar-refractivity contribution in [3.63, 3.8) is 0 Å². The van der Waals surface area contributed by atoms with Crippen LogP contribution in [-0.2, 0) is 0 Å². The molecule has 14 heavy (non-hydrogen) atoms. The predicted molar refractivity (Wildman–Crippen MR) is 64.3 cm³/mol. The Morgan fingerprint density at radius 2 is 1.64 bits per heavy atom. The molecule has 1 heteroatoms. The summed E-state index contributed by atoms with van der Waals surface area (Å²) >= 11 is 3.57. The molecule has 0 saturated carbocycles. The summed E-state index contributed by atoms with van der Waals surface area (Å²) in [5, 5.41) is 0. The Hall–Kier alpha value is -1.08. The van der Waals surface area contributed by atoms with Gasteiger partial charge in [0, 0.05) is 4.47 Å². The molecular formula is C13H11Br. The number of benzene rings is 2. The van der Waals surface area contributed by atoms with Crippen molar-refractivity contribution in [2.45, 2.75) is 6.92 Å². The van der Waals surface area contributed by atoms with Crippen molar-refractivity contribution in [3.8, 4) is 11.1 Å². The van der Waals surface area contributed by atoms with E-state index < -0.39 is 0 Å². The first-order valence-electron chi connectivity index (χ1n) is 4.59. The van der Waals surface area contributed by atoms with Crippen molar-refractivity contribution < 1.29 is 0 Å². The predicted octanol–water partition coefficient (Wildman–Crippen LogP) is 4.42. The van der Waals surface area contributed by atoms with Crippen LogP contribution >= 0.6 is 15.9 Å². The minimum atomic E-state index is 1.15. The van der Waals surface area contributed by atoms with Crippen molar-refractivity contribution >= 4 is 15.9 Å². The third-order valence-corrected chi connectivity index (χ3v) is 2.90. The Morgan fingerprint density at radius 1 is 0.929 bits per heavy atom. The van der Waals surface area contributed by atoms with Gasteiger partial charge in [0.25, 0.3) is 0 Å². The van der Waals surface area contributed by atoms with E-state index in [0.717, 1.165) is 4.47 Å². The van der Waals surface area contributed by atoms with Gasteiger partial charge >= 0.3 is 0 Å². The van der Waals surface area contributed by atoms with E-state index in [1.807, 2.05) is 6.07 Å². The highest BCUT2D eigenvalue weighted by Crippen LogP contribution is 2.28. The lowest BCUT2D eigenvalue weighted by Gasteiger charge is -2.05. The summed E-state index contributed by atoms with van der Waals surface area (Å²) in [5.74, 6) is 0. The summed E-state index contributed by atoms with van der Waals surface area (Å²) in [4.78, 5) is 0. The van der Waals surface area contributed by atoms with Gasteiger partial charge in [-0.2, -0.15) is 0 Å².